The molecular formula is C11H17N2O7P. The molecule has 2 rings (SSSR count). The largest absolute Gasteiger partial charge is 0.469 e. The molecule has 2 aliphatic rings. The SMILES string of the molecule is C=C1NC(=O)C=CN1C1CC(COP(=O)(O)O)[C@@H](O)C1O. The molecule has 1 saturated carbocycles. The first kappa shape index (κ1) is 16.2. The van der Waals surface area contributed by atoms with Gasteiger partial charge < -0.3 is 30.2 Å². The Morgan fingerprint density at radius 3 is 2.67 bits per heavy atom. The molecule has 0 radical (unpaired) electrons. The lowest BCUT2D eigenvalue weighted by Gasteiger charge is -2.33. The Morgan fingerprint density at radius 1 is 1.43 bits per heavy atom. The molecule has 0 saturated heterocycles. The number of phosphoric acid groups is 1. The normalized spacial score (nSPS) is 33.4. The summed E-state index contributed by atoms with van der Waals surface area (Å²) in [5, 5.41) is 22.5. The zero-order chi connectivity index (χ0) is 15.8. The lowest BCUT2D eigenvalue weighted by molar-refractivity contribution is -0.116. The molecule has 0 spiro atoms. The summed E-state index contributed by atoms with van der Waals surface area (Å²) < 4.78 is 15.1. The molecular weight excluding hydrogens is 303 g/mol. The van der Waals surface area contributed by atoms with Crippen LogP contribution in [0.3, 0.4) is 0 Å². The van der Waals surface area contributed by atoms with Crippen LogP contribution >= 0.6 is 7.82 Å². The topological polar surface area (TPSA) is 140 Å². The number of aliphatic hydroxyl groups is 2. The van der Waals surface area contributed by atoms with Gasteiger partial charge >= 0.3 is 7.82 Å². The van der Waals surface area contributed by atoms with E-state index in [1.54, 1.807) is 0 Å². The molecule has 1 heterocycles. The predicted molar refractivity (Wildman–Crippen MR) is 70.2 cm³/mol. The lowest BCUT2D eigenvalue weighted by Crippen LogP contribution is -2.45. The summed E-state index contributed by atoms with van der Waals surface area (Å²) in [6.07, 6.45) is 0.565. The van der Waals surface area contributed by atoms with Crippen LogP contribution in [0.4, 0.5) is 0 Å². The molecule has 10 heteroatoms. The number of carbonyl (C=O) groups is 1. The molecule has 0 bridgehead atoms. The number of rotatable bonds is 4. The van der Waals surface area contributed by atoms with E-state index in [2.05, 4.69) is 16.4 Å². The third kappa shape index (κ3) is 3.70. The number of amides is 1. The molecule has 9 nitrogen and oxygen atoms in total. The molecule has 4 atom stereocenters. The first-order valence-electron chi connectivity index (χ1n) is 6.21. The quantitative estimate of drug-likeness (QED) is 0.399. The highest BCUT2D eigenvalue weighted by Crippen LogP contribution is 2.39. The van der Waals surface area contributed by atoms with E-state index in [0.29, 0.717) is 0 Å². The van der Waals surface area contributed by atoms with Crippen LogP contribution in [0, 0.1) is 5.92 Å². The highest BCUT2D eigenvalue weighted by Gasteiger charge is 2.45. The van der Waals surface area contributed by atoms with Gasteiger partial charge in [-0.05, 0) is 6.42 Å². The second-order valence-corrected chi connectivity index (χ2v) is 6.23. The molecule has 3 unspecified atom stereocenters. The summed E-state index contributed by atoms with van der Waals surface area (Å²) >= 11 is 0. The Bertz CT molecular complexity index is 517. The van der Waals surface area contributed by atoms with Gasteiger partial charge in [0.15, 0.2) is 0 Å². The van der Waals surface area contributed by atoms with Crippen molar-refractivity contribution in [3.05, 3.63) is 24.7 Å². The van der Waals surface area contributed by atoms with E-state index in [0.717, 1.165) is 0 Å². The van der Waals surface area contributed by atoms with E-state index in [-0.39, 0.29) is 24.8 Å². The minimum atomic E-state index is -4.63. The first-order chi connectivity index (χ1) is 9.69. The number of aliphatic hydroxyl groups excluding tert-OH is 2. The monoisotopic (exact) mass is 320 g/mol. The van der Waals surface area contributed by atoms with Crippen LogP contribution in [0.15, 0.2) is 24.7 Å². The Kier molecular flexibility index (Phi) is 4.52. The maximum atomic E-state index is 11.2. The fourth-order valence-corrected chi connectivity index (χ4v) is 2.92. The summed E-state index contributed by atoms with van der Waals surface area (Å²) in [6.45, 7) is 3.28. The average Bonchev–Trinajstić information content (AvgIpc) is 2.64. The predicted octanol–water partition coefficient (Wildman–Crippen LogP) is -1.38. The highest BCUT2D eigenvalue weighted by atomic mass is 31.2. The zero-order valence-corrected chi connectivity index (χ0v) is 11.9. The van der Waals surface area contributed by atoms with Crippen molar-refractivity contribution in [2.75, 3.05) is 6.61 Å². The van der Waals surface area contributed by atoms with Crippen LogP contribution < -0.4 is 5.32 Å². The van der Waals surface area contributed by atoms with Crippen LogP contribution in [0.2, 0.25) is 0 Å². The van der Waals surface area contributed by atoms with Crippen molar-refractivity contribution >= 4 is 13.7 Å². The minimum absolute atomic E-state index is 0.224. The van der Waals surface area contributed by atoms with Crippen molar-refractivity contribution in [2.45, 2.75) is 24.7 Å². The van der Waals surface area contributed by atoms with E-state index >= 15 is 0 Å². The van der Waals surface area contributed by atoms with E-state index in [1.807, 2.05) is 0 Å². The van der Waals surface area contributed by atoms with Crippen LogP contribution in [0.5, 0.6) is 0 Å². The summed E-state index contributed by atoms with van der Waals surface area (Å²) in [5.74, 6) is -0.725. The van der Waals surface area contributed by atoms with Gasteiger partial charge in [-0.1, -0.05) is 6.58 Å². The second-order valence-electron chi connectivity index (χ2n) is 4.99. The molecule has 1 aliphatic carbocycles. The standard InChI is InChI=1S/C11H17N2O7P/c1-6-12-9(14)2-3-13(6)8-4-7(10(15)11(8)16)5-20-21(17,18)19/h2-3,7-8,10-11,15-16H,1,4-5H2,(H,12,14)(H2,17,18,19)/t7?,8?,10-,11?/m1/s1. The molecule has 21 heavy (non-hydrogen) atoms. The number of carbonyl (C=O) groups excluding carboxylic acids is 1. The van der Waals surface area contributed by atoms with Gasteiger partial charge in [-0.3, -0.25) is 9.32 Å². The number of phosphoric ester groups is 1. The Labute approximate surface area is 120 Å². The van der Waals surface area contributed by atoms with Crippen LogP contribution in [0.1, 0.15) is 6.42 Å². The Balaban J connectivity index is 2.06. The molecule has 0 aromatic heterocycles. The van der Waals surface area contributed by atoms with E-state index in [4.69, 9.17) is 9.79 Å². The first-order valence-corrected chi connectivity index (χ1v) is 7.74. The van der Waals surface area contributed by atoms with E-state index in [1.165, 1.54) is 17.2 Å². The van der Waals surface area contributed by atoms with Crippen molar-refractivity contribution < 1.29 is 33.9 Å². The number of nitrogens with one attached hydrogen (secondary N) is 1. The fraction of sp³-hybridized carbons (Fsp3) is 0.545. The highest BCUT2D eigenvalue weighted by molar-refractivity contribution is 7.46. The van der Waals surface area contributed by atoms with Crippen LogP contribution in [-0.2, 0) is 13.9 Å². The lowest BCUT2D eigenvalue weighted by atomic mass is 10.1. The van der Waals surface area contributed by atoms with Crippen LogP contribution in [-0.4, -0.2) is 55.7 Å². The van der Waals surface area contributed by atoms with Gasteiger partial charge in [-0.2, -0.15) is 0 Å². The molecule has 1 fully saturated rings. The van der Waals surface area contributed by atoms with Crippen LogP contribution in [0.25, 0.3) is 0 Å². The average molecular weight is 320 g/mol. The van der Waals surface area contributed by atoms with Gasteiger partial charge in [0.05, 0.1) is 18.8 Å². The van der Waals surface area contributed by atoms with Gasteiger partial charge in [0.25, 0.3) is 5.91 Å². The summed E-state index contributed by atoms with van der Waals surface area (Å²) in [6, 6.07) is -0.574. The van der Waals surface area contributed by atoms with Gasteiger partial charge in [0, 0.05) is 18.2 Å². The fourth-order valence-electron chi connectivity index (χ4n) is 2.53. The van der Waals surface area contributed by atoms with Crippen molar-refractivity contribution in [3.63, 3.8) is 0 Å². The maximum Gasteiger partial charge on any atom is 0.469 e. The van der Waals surface area contributed by atoms with E-state index in [9.17, 15) is 19.6 Å². The molecule has 0 aromatic rings. The third-order valence-electron chi connectivity index (χ3n) is 3.55. The molecule has 5 N–H and O–H groups in total. The molecule has 1 amide bonds. The third-order valence-corrected chi connectivity index (χ3v) is 4.04. The summed E-state index contributed by atoms with van der Waals surface area (Å²) in [7, 11) is -4.63. The summed E-state index contributed by atoms with van der Waals surface area (Å²) in [4.78, 5) is 30.0. The molecule has 118 valence electrons. The van der Waals surface area contributed by atoms with Crippen molar-refractivity contribution in [3.8, 4) is 0 Å². The van der Waals surface area contributed by atoms with Crippen molar-refractivity contribution in [1.82, 2.24) is 10.2 Å². The second kappa shape index (κ2) is 5.88. The Morgan fingerprint density at radius 2 is 2.10 bits per heavy atom. The van der Waals surface area contributed by atoms with Gasteiger partial charge in [-0.15, -0.1) is 0 Å². The van der Waals surface area contributed by atoms with Gasteiger partial charge in [-0.25, -0.2) is 4.57 Å². The number of hydrogen-bond acceptors (Lipinski definition) is 6. The number of hydrogen-bond donors (Lipinski definition) is 5. The summed E-state index contributed by atoms with van der Waals surface area (Å²) in [5.41, 5.74) is 0. The number of nitrogens with zero attached hydrogens (tertiary/aromatic N) is 1. The van der Waals surface area contributed by atoms with Crippen molar-refractivity contribution in [2.24, 2.45) is 5.92 Å². The zero-order valence-electron chi connectivity index (χ0n) is 11.0. The van der Waals surface area contributed by atoms with Crippen molar-refractivity contribution in [1.29, 1.82) is 0 Å². The molecule has 1 aliphatic heterocycles. The minimum Gasteiger partial charge on any atom is -0.390 e. The maximum absolute atomic E-state index is 11.2. The van der Waals surface area contributed by atoms with E-state index < -0.39 is 32.0 Å². The smallest absolute Gasteiger partial charge is 0.390 e. The Hall–Kier alpha value is -1.22. The van der Waals surface area contributed by atoms with Gasteiger partial charge in [0.1, 0.15) is 11.9 Å². The van der Waals surface area contributed by atoms with Gasteiger partial charge in [0.2, 0.25) is 0 Å². The molecule has 0 aromatic carbocycles.